The predicted octanol–water partition coefficient (Wildman–Crippen LogP) is 2.91. The Bertz CT molecular complexity index is 476. The minimum absolute atomic E-state index is 0.0537. The molecule has 2 unspecified atom stereocenters. The largest absolute Gasteiger partial charge is 0.328 e. The van der Waals surface area contributed by atoms with Crippen molar-refractivity contribution in [1.82, 2.24) is 10.2 Å². The molecule has 0 spiro atoms. The van der Waals surface area contributed by atoms with E-state index in [9.17, 15) is 4.79 Å². The van der Waals surface area contributed by atoms with Gasteiger partial charge < -0.3 is 11.1 Å². The van der Waals surface area contributed by atoms with Crippen LogP contribution in [-0.2, 0) is 4.79 Å². The van der Waals surface area contributed by atoms with Crippen LogP contribution in [0.2, 0.25) is 0 Å². The molecule has 1 amide bonds. The summed E-state index contributed by atoms with van der Waals surface area (Å²) in [5, 5.41) is 10.3. The van der Waals surface area contributed by atoms with E-state index in [0.29, 0.717) is 11.7 Å². The van der Waals surface area contributed by atoms with E-state index in [4.69, 9.17) is 5.73 Å². The van der Waals surface area contributed by atoms with Crippen molar-refractivity contribution in [3.05, 3.63) is 11.8 Å². The van der Waals surface area contributed by atoms with Gasteiger partial charge in [-0.2, -0.15) is 5.10 Å². The molecule has 0 saturated heterocycles. The molecule has 5 nitrogen and oxygen atoms in total. The number of carbonyl (C=O) groups excluding carboxylic acids is 1. The first-order valence-corrected chi connectivity index (χ1v) is 8.34. The zero-order valence-corrected chi connectivity index (χ0v) is 12.6. The maximum absolute atomic E-state index is 12.2. The van der Waals surface area contributed by atoms with E-state index in [1.807, 2.05) is 6.07 Å². The molecule has 4 N–H and O–H groups in total. The Balaban J connectivity index is 1.58. The van der Waals surface area contributed by atoms with Crippen molar-refractivity contribution in [3.63, 3.8) is 0 Å². The van der Waals surface area contributed by atoms with Gasteiger partial charge in [-0.25, -0.2) is 0 Å². The van der Waals surface area contributed by atoms with Crippen LogP contribution in [0.1, 0.15) is 69.4 Å². The van der Waals surface area contributed by atoms with Gasteiger partial charge in [-0.3, -0.25) is 9.89 Å². The summed E-state index contributed by atoms with van der Waals surface area (Å²) < 4.78 is 0. The highest BCUT2D eigenvalue weighted by Crippen LogP contribution is 2.31. The first kappa shape index (κ1) is 14.6. The molecule has 0 bridgehead atoms. The standard InChI is InChI=1S/C16H26N4O/c17-13-8-7-12(9-13)16(21)18-15-10-14(19-20-15)11-5-3-1-2-4-6-11/h10-13H,1-9,17H2,(H2,18,19,20,21). The second-order valence-corrected chi connectivity index (χ2v) is 6.66. The molecule has 5 heteroatoms. The van der Waals surface area contributed by atoms with Crippen molar-refractivity contribution in [2.45, 2.75) is 69.7 Å². The molecule has 0 aliphatic heterocycles. The number of anilines is 1. The molecule has 2 aliphatic carbocycles. The van der Waals surface area contributed by atoms with E-state index >= 15 is 0 Å². The maximum atomic E-state index is 12.2. The van der Waals surface area contributed by atoms with Gasteiger partial charge in [-0.05, 0) is 32.1 Å². The number of hydrogen-bond acceptors (Lipinski definition) is 3. The molecular formula is C16H26N4O. The zero-order chi connectivity index (χ0) is 14.7. The lowest BCUT2D eigenvalue weighted by molar-refractivity contribution is -0.119. The summed E-state index contributed by atoms with van der Waals surface area (Å²) in [5.74, 6) is 1.37. The SMILES string of the molecule is NC1CCC(C(=O)Nc2cc(C3CCCCCC3)[nH]n2)C1. The number of aromatic nitrogens is 2. The van der Waals surface area contributed by atoms with Gasteiger partial charge in [0.2, 0.25) is 5.91 Å². The van der Waals surface area contributed by atoms with E-state index in [2.05, 4.69) is 15.5 Å². The predicted molar refractivity (Wildman–Crippen MR) is 83.0 cm³/mol. The van der Waals surface area contributed by atoms with Crippen LogP contribution in [0.3, 0.4) is 0 Å². The second-order valence-electron chi connectivity index (χ2n) is 6.66. The van der Waals surface area contributed by atoms with Crippen molar-refractivity contribution in [3.8, 4) is 0 Å². The first-order valence-electron chi connectivity index (χ1n) is 8.34. The van der Waals surface area contributed by atoms with E-state index in [1.54, 1.807) is 0 Å². The van der Waals surface area contributed by atoms with Gasteiger partial charge in [-0.15, -0.1) is 0 Å². The van der Waals surface area contributed by atoms with Crippen molar-refractivity contribution < 1.29 is 4.79 Å². The fourth-order valence-corrected chi connectivity index (χ4v) is 3.68. The molecule has 2 saturated carbocycles. The van der Waals surface area contributed by atoms with Crippen LogP contribution in [0.15, 0.2) is 6.07 Å². The van der Waals surface area contributed by atoms with Gasteiger partial charge in [0.25, 0.3) is 0 Å². The highest BCUT2D eigenvalue weighted by Gasteiger charge is 2.28. The molecule has 2 fully saturated rings. The van der Waals surface area contributed by atoms with Gasteiger partial charge in [0.1, 0.15) is 0 Å². The first-order chi connectivity index (χ1) is 10.2. The number of aromatic amines is 1. The number of carbonyl (C=O) groups is 1. The molecule has 0 radical (unpaired) electrons. The summed E-state index contributed by atoms with van der Waals surface area (Å²) in [6, 6.07) is 2.20. The van der Waals surface area contributed by atoms with Crippen LogP contribution in [0.5, 0.6) is 0 Å². The molecule has 2 aliphatic rings. The Morgan fingerprint density at radius 3 is 2.62 bits per heavy atom. The third-order valence-electron chi connectivity index (χ3n) is 4.99. The highest BCUT2D eigenvalue weighted by molar-refractivity contribution is 5.91. The fourth-order valence-electron chi connectivity index (χ4n) is 3.68. The lowest BCUT2D eigenvalue weighted by atomic mass is 9.97. The summed E-state index contributed by atoms with van der Waals surface area (Å²) in [7, 11) is 0. The van der Waals surface area contributed by atoms with Crippen LogP contribution in [0, 0.1) is 5.92 Å². The van der Waals surface area contributed by atoms with Gasteiger partial charge >= 0.3 is 0 Å². The number of rotatable bonds is 3. The van der Waals surface area contributed by atoms with Gasteiger partial charge in [-0.1, -0.05) is 25.7 Å². The molecular weight excluding hydrogens is 264 g/mol. The lowest BCUT2D eigenvalue weighted by Gasteiger charge is -2.10. The van der Waals surface area contributed by atoms with Crippen LogP contribution < -0.4 is 11.1 Å². The fraction of sp³-hybridized carbons (Fsp3) is 0.750. The monoisotopic (exact) mass is 290 g/mol. The molecule has 21 heavy (non-hydrogen) atoms. The average Bonchev–Trinajstić information content (AvgIpc) is 3.01. The van der Waals surface area contributed by atoms with Crippen molar-refractivity contribution >= 4 is 11.7 Å². The van der Waals surface area contributed by atoms with E-state index < -0.39 is 0 Å². The average molecular weight is 290 g/mol. The van der Waals surface area contributed by atoms with E-state index in [1.165, 1.54) is 44.2 Å². The quantitative estimate of drug-likeness (QED) is 0.748. The van der Waals surface area contributed by atoms with Crippen molar-refractivity contribution in [1.29, 1.82) is 0 Å². The summed E-state index contributed by atoms with van der Waals surface area (Å²) in [6.45, 7) is 0. The summed E-state index contributed by atoms with van der Waals surface area (Å²) in [4.78, 5) is 12.2. The third kappa shape index (κ3) is 3.64. The molecule has 1 aromatic rings. The van der Waals surface area contributed by atoms with Crippen LogP contribution in [0.25, 0.3) is 0 Å². The topological polar surface area (TPSA) is 83.8 Å². The highest BCUT2D eigenvalue weighted by atomic mass is 16.2. The number of hydrogen-bond donors (Lipinski definition) is 3. The summed E-state index contributed by atoms with van der Waals surface area (Å²) in [5.41, 5.74) is 7.05. The Morgan fingerprint density at radius 1 is 1.19 bits per heavy atom. The molecule has 0 aromatic carbocycles. The number of H-pyrrole nitrogens is 1. The summed E-state index contributed by atoms with van der Waals surface area (Å²) >= 11 is 0. The van der Waals surface area contributed by atoms with Crippen molar-refractivity contribution in [2.75, 3.05) is 5.32 Å². The molecule has 2 atom stereocenters. The molecule has 116 valence electrons. The number of nitrogens with two attached hydrogens (primary N) is 1. The van der Waals surface area contributed by atoms with Crippen LogP contribution >= 0.6 is 0 Å². The van der Waals surface area contributed by atoms with Crippen LogP contribution in [0.4, 0.5) is 5.82 Å². The number of nitrogens with one attached hydrogen (secondary N) is 2. The van der Waals surface area contributed by atoms with E-state index in [-0.39, 0.29) is 17.9 Å². The summed E-state index contributed by atoms with van der Waals surface area (Å²) in [6.07, 6.45) is 10.4. The zero-order valence-electron chi connectivity index (χ0n) is 12.6. The molecule has 1 heterocycles. The van der Waals surface area contributed by atoms with Gasteiger partial charge in [0, 0.05) is 29.6 Å². The Kier molecular flexibility index (Phi) is 4.58. The Hall–Kier alpha value is -1.36. The number of nitrogens with zero attached hydrogens (tertiary/aromatic N) is 1. The number of amides is 1. The third-order valence-corrected chi connectivity index (χ3v) is 4.99. The molecule has 1 aromatic heterocycles. The minimum Gasteiger partial charge on any atom is -0.328 e. The van der Waals surface area contributed by atoms with E-state index in [0.717, 1.165) is 19.3 Å². The van der Waals surface area contributed by atoms with Gasteiger partial charge in [0.05, 0.1) is 0 Å². The maximum Gasteiger partial charge on any atom is 0.228 e. The molecule has 3 rings (SSSR count). The smallest absolute Gasteiger partial charge is 0.228 e. The van der Waals surface area contributed by atoms with Crippen LogP contribution in [-0.4, -0.2) is 22.1 Å². The Morgan fingerprint density at radius 2 is 1.95 bits per heavy atom. The van der Waals surface area contributed by atoms with Gasteiger partial charge in [0.15, 0.2) is 5.82 Å². The van der Waals surface area contributed by atoms with Crippen molar-refractivity contribution in [2.24, 2.45) is 11.7 Å². The lowest BCUT2D eigenvalue weighted by Crippen LogP contribution is -2.23. The second kappa shape index (κ2) is 6.60. The normalized spacial score (nSPS) is 27.5. The minimum atomic E-state index is 0.0537. The Labute approximate surface area is 126 Å².